The van der Waals surface area contributed by atoms with Crippen LogP contribution in [0.3, 0.4) is 0 Å². The number of ether oxygens (including phenoxy) is 2. The number of likely N-dealkylation sites (N-methyl/N-ethyl adjacent to an activating group) is 1. The van der Waals surface area contributed by atoms with Gasteiger partial charge in [-0.3, -0.25) is 4.90 Å². The highest BCUT2D eigenvalue weighted by Crippen LogP contribution is 2.32. The summed E-state index contributed by atoms with van der Waals surface area (Å²) in [4.78, 5) is 26.8. The summed E-state index contributed by atoms with van der Waals surface area (Å²) in [5, 5.41) is 2.70. The van der Waals surface area contributed by atoms with Gasteiger partial charge in [0.1, 0.15) is 18.2 Å². The average molecular weight is 426 g/mol. The lowest BCUT2D eigenvalue weighted by atomic mass is 9.94. The summed E-state index contributed by atoms with van der Waals surface area (Å²) < 4.78 is 25.7. The summed E-state index contributed by atoms with van der Waals surface area (Å²) in [5.41, 5.74) is 1.77. The summed E-state index contributed by atoms with van der Waals surface area (Å²) in [6, 6.07) is 12.2. The van der Waals surface area contributed by atoms with Crippen molar-refractivity contribution in [1.82, 2.24) is 10.2 Å². The fraction of sp³-hybridized carbons (Fsp3) is 0.333. The van der Waals surface area contributed by atoms with Gasteiger partial charge in [0, 0.05) is 12.6 Å². The lowest BCUT2D eigenvalue weighted by Gasteiger charge is -2.34. The van der Waals surface area contributed by atoms with Crippen LogP contribution in [0.5, 0.6) is 5.75 Å². The van der Waals surface area contributed by atoms with E-state index < -0.39 is 23.9 Å². The second-order valence-electron chi connectivity index (χ2n) is 7.56. The van der Waals surface area contributed by atoms with Crippen LogP contribution in [0.15, 0.2) is 59.8 Å². The van der Waals surface area contributed by atoms with Crippen LogP contribution in [0.1, 0.15) is 43.9 Å². The van der Waals surface area contributed by atoms with Gasteiger partial charge in [0.25, 0.3) is 0 Å². The third-order valence-electron chi connectivity index (χ3n) is 5.19. The zero-order chi connectivity index (χ0) is 22.5. The van der Waals surface area contributed by atoms with E-state index in [0.29, 0.717) is 17.4 Å². The standard InChI is InChI=1S/C24H27FN2O4/c1-5-30-23(28)21-20(14-31-17-10-8-9-16(13-17)15(2)3)27(4)24(29)26-22(21)18-11-6-7-12-19(18)25/h6-13,15,22H,5,14H2,1-4H3,(H,26,29)/t22-/m1/s1. The Morgan fingerprint density at radius 3 is 2.61 bits per heavy atom. The maximum atomic E-state index is 14.5. The number of hydrogen-bond acceptors (Lipinski definition) is 4. The van der Waals surface area contributed by atoms with Crippen LogP contribution in [-0.4, -0.2) is 37.2 Å². The van der Waals surface area contributed by atoms with Crippen LogP contribution in [0.2, 0.25) is 0 Å². The monoisotopic (exact) mass is 426 g/mol. The van der Waals surface area contributed by atoms with Gasteiger partial charge in [0.15, 0.2) is 0 Å². The summed E-state index contributed by atoms with van der Waals surface area (Å²) in [6.45, 7) is 5.95. The minimum atomic E-state index is -0.982. The van der Waals surface area contributed by atoms with Crippen molar-refractivity contribution >= 4 is 12.0 Å². The molecule has 6 nitrogen and oxygen atoms in total. The predicted molar refractivity (Wildman–Crippen MR) is 115 cm³/mol. The lowest BCUT2D eigenvalue weighted by Crippen LogP contribution is -2.48. The SMILES string of the molecule is CCOC(=O)C1=C(COc2cccc(C(C)C)c2)N(C)C(=O)N[C@@H]1c1ccccc1F. The smallest absolute Gasteiger partial charge is 0.338 e. The molecular formula is C24H27FN2O4. The molecule has 0 fully saturated rings. The number of halogens is 1. The van der Waals surface area contributed by atoms with Gasteiger partial charge in [-0.2, -0.15) is 0 Å². The number of rotatable bonds is 7. The maximum absolute atomic E-state index is 14.5. The van der Waals surface area contributed by atoms with Crippen LogP contribution in [0, 0.1) is 5.82 Å². The van der Waals surface area contributed by atoms with Crippen molar-refractivity contribution in [2.45, 2.75) is 32.7 Å². The zero-order valence-electron chi connectivity index (χ0n) is 18.1. The largest absolute Gasteiger partial charge is 0.487 e. The van der Waals surface area contributed by atoms with Crippen molar-refractivity contribution in [2.75, 3.05) is 20.3 Å². The number of hydrogen-bond donors (Lipinski definition) is 1. The van der Waals surface area contributed by atoms with E-state index in [4.69, 9.17) is 9.47 Å². The number of benzene rings is 2. The minimum absolute atomic E-state index is 0.0510. The van der Waals surface area contributed by atoms with E-state index in [1.807, 2.05) is 24.3 Å². The molecule has 3 rings (SSSR count). The molecule has 0 aromatic heterocycles. The molecule has 1 atom stereocenters. The topological polar surface area (TPSA) is 67.9 Å². The molecule has 2 aromatic rings. The molecule has 164 valence electrons. The van der Waals surface area contributed by atoms with Crippen molar-refractivity contribution in [3.05, 3.63) is 76.7 Å². The molecule has 1 N–H and O–H groups in total. The molecule has 0 saturated carbocycles. The molecule has 2 amide bonds. The van der Waals surface area contributed by atoms with Gasteiger partial charge in [-0.1, -0.05) is 44.2 Å². The van der Waals surface area contributed by atoms with E-state index >= 15 is 0 Å². The Labute approximate surface area is 181 Å². The van der Waals surface area contributed by atoms with E-state index in [-0.39, 0.29) is 24.4 Å². The normalized spacial score (nSPS) is 16.4. The molecule has 0 saturated heterocycles. The van der Waals surface area contributed by atoms with Gasteiger partial charge >= 0.3 is 12.0 Å². The third-order valence-corrected chi connectivity index (χ3v) is 5.19. The Kier molecular flexibility index (Phi) is 6.95. The van der Waals surface area contributed by atoms with Gasteiger partial charge in [-0.15, -0.1) is 0 Å². The molecular weight excluding hydrogens is 399 g/mol. The van der Waals surface area contributed by atoms with E-state index in [1.54, 1.807) is 19.1 Å². The van der Waals surface area contributed by atoms with E-state index in [0.717, 1.165) is 5.56 Å². The first-order chi connectivity index (χ1) is 14.8. The maximum Gasteiger partial charge on any atom is 0.338 e. The van der Waals surface area contributed by atoms with E-state index in [1.165, 1.54) is 24.1 Å². The lowest BCUT2D eigenvalue weighted by molar-refractivity contribution is -0.139. The molecule has 0 radical (unpaired) electrons. The zero-order valence-corrected chi connectivity index (χ0v) is 18.1. The van der Waals surface area contributed by atoms with Gasteiger partial charge < -0.3 is 14.8 Å². The van der Waals surface area contributed by atoms with Gasteiger partial charge in [-0.05, 0) is 36.6 Å². The van der Waals surface area contributed by atoms with Crippen LogP contribution >= 0.6 is 0 Å². The molecule has 1 aliphatic heterocycles. The quantitative estimate of drug-likeness (QED) is 0.660. The molecule has 0 bridgehead atoms. The van der Waals surface area contributed by atoms with Crippen molar-refractivity contribution in [3.63, 3.8) is 0 Å². The Morgan fingerprint density at radius 1 is 1.19 bits per heavy atom. The van der Waals surface area contributed by atoms with Gasteiger partial charge in [-0.25, -0.2) is 14.0 Å². The number of nitrogens with zero attached hydrogens (tertiary/aromatic N) is 1. The second kappa shape index (κ2) is 9.64. The highest BCUT2D eigenvalue weighted by Gasteiger charge is 2.38. The molecule has 7 heteroatoms. The van der Waals surface area contributed by atoms with Crippen LogP contribution in [0.25, 0.3) is 0 Å². The Balaban J connectivity index is 2.03. The molecule has 2 aromatic carbocycles. The number of nitrogens with one attached hydrogen (secondary N) is 1. The molecule has 0 aliphatic carbocycles. The average Bonchev–Trinajstić information content (AvgIpc) is 2.75. The van der Waals surface area contributed by atoms with Crippen molar-refractivity contribution in [3.8, 4) is 5.75 Å². The first-order valence-corrected chi connectivity index (χ1v) is 10.2. The van der Waals surface area contributed by atoms with Crippen molar-refractivity contribution in [2.24, 2.45) is 0 Å². The van der Waals surface area contributed by atoms with Crippen molar-refractivity contribution < 1.29 is 23.5 Å². The molecule has 0 unspecified atom stereocenters. The summed E-state index contributed by atoms with van der Waals surface area (Å²) in [5.74, 6) is -0.212. The Hall–Kier alpha value is -3.35. The summed E-state index contributed by atoms with van der Waals surface area (Å²) in [6.07, 6.45) is 0. The highest BCUT2D eigenvalue weighted by molar-refractivity contribution is 5.95. The van der Waals surface area contributed by atoms with Crippen molar-refractivity contribution in [1.29, 1.82) is 0 Å². The summed E-state index contributed by atoms with van der Waals surface area (Å²) >= 11 is 0. The molecule has 31 heavy (non-hydrogen) atoms. The number of esters is 1. The fourth-order valence-electron chi connectivity index (χ4n) is 3.44. The van der Waals surface area contributed by atoms with Gasteiger partial charge in [0.2, 0.25) is 0 Å². The first-order valence-electron chi connectivity index (χ1n) is 10.2. The Bertz CT molecular complexity index is 1000. The number of carbonyl (C=O) groups excluding carboxylic acids is 2. The minimum Gasteiger partial charge on any atom is -0.487 e. The molecule has 1 aliphatic rings. The highest BCUT2D eigenvalue weighted by atomic mass is 19.1. The Morgan fingerprint density at radius 2 is 1.94 bits per heavy atom. The number of urea groups is 1. The number of carbonyl (C=O) groups is 2. The summed E-state index contributed by atoms with van der Waals surface area (Å²) in [7, 11) is 1.54. The fourth-order valence-corrected chi connectivity index (χ4v) is 3.44. The molecule has 0 spiro atoms. The van der Waals surface area contributed by atoms with Gasteiger partial charge in [0.05, 0.1) is 23.9 Å². The van der Waals surface area contributed by atoms with Crippen LogP contribution < -0.4 is 10.1 Å². The van der Waals surface area contributed by atoms with E-state index in [2.05, 4.69) is 19.2 Å². The second-order valence-corrected chi connectivity index (χ2v) is 7.56. The van der Waals surface area contributed by atoms with Crippen LogP contribution in [-0.2, 0) is 9.53 Å². The van der Waals surface area contributed by atoms with E-state index in [9.17, 15) is 14.0 Å². The number of amides is 2. The first kappa shape index (κ1) is 22.3. The molecule has 1 heterocycles. The third kappa shape index (κ3) is 4.87. The van der Waals surface area contributed by atoms with Crippen LogP contribution in [0.4, 0.5) is 9.18 Å². The predicted octanol–water partition coefficient (Wildman–Crippen LogP) is 4.54.